The van der Waals surface area contributed by atoms with E-state index in [0.29, 0.717) is 64.3 Å². The van der Waals surface area contributed by atoms with Crippen molar-refractivity contribution in [3.63, 3.8) is 0 Å². The number of likely N-dealkylation sites (tertiary alicyclic amines) is 1. The fourth-order valence-electron chi connectivity index (χ4n) is 3.81. The van der Waals surface area contributed by atoms with Gasteiger partial charge < -0.3 is 25.0 Å². The predicted molar refractivity (Wildman–Crippen MR) is 108 cm³/mol. The van der Waals surface area contributed by atoms with Crippen LogP contribution in [0.1, 0.15) is 25.7 Å². The monoisotopic (exact) mass is 427 g/mol. The van der Waals surface area contributed by atoms with Crippen LogP contribution in [0.4, 0.5) is 14.9 Å². The van der Waals surface area contributed by atoms with Crippen molar-refractivity contribution < 1.29 is 23.5 Å². The van der Waals surface area contributed by atoms with Gasteiger partial charge in [-0.15, -0.1) is 0 Å². The number of methoxy groups -OCH3 is 1. The molecule has 2 aliphatic heterocycles. The summed E-state index contributed by atoms with van der Waals surface area (Å²) in [4.78, 5) is 27.1. The molecule has 1 aromatic rings. The lowest BCUT2D eigenvalue weighted by atomic mass is 9.91. The molecule has 160 valence electrons. The van der Waals surface area contributed by atoms with E-state index >= 15 is 0 Å². The number of ether oxygens (including phenoxy) is 2. The molecule has 9 heteroatoms. The Kier molecular flexibility index (Phi) is 7.32. The fraction of sp³-hybridized carbons (Fsp3) is 0.600. The third-order valence-electron chi connectivity index (χ3n) is 5.58. The highest BCUT2D eigenvalue weighted by Crippen LogP contribution is 2.28. The van der Waals surface area contributed by atoms with Gasteiger partial charge in [0.25, 0.3) is 0 Å². The van der Waals surface area contributed by atoms with Crippen molar-refractivity contribution in [1.82, 2.24) is 10.2 Å². The summed E-state index contributed by atoms with van der Waals surface area (Å²) in [7, 11) is 1.62. The first-order chi connectivity index (χ1) is 13.9. The van der Waals surface area contributed by atoms with Crippen molar-refractivity contribution in [2.24, 2.45) is 5.92 Å². The van der Waals surface area contributed by atoms with Gasteiger partial charge in [-0.05, 0) is 43.9 Å². The highest BCUT2D eigenvalue weighted by Gasteiger charge is 2.42. The van der Waals surface area contributed by atoms with Crippen molar-refractivity contribution in [3.8, 4) is 0 Å². The summed E-state index contributed by atoms with van der Waals surface area (Å²) in [5.74, 6) is -0.593. The molecule has 0 aromatic heterocycles. The number of carbonyl (C=O) groups excluding carboxylic acids is 2. The van der Waals surface area contributed by atoms with Gasteiger partial charge in [0.15, 0.2) is 0 Å². The first kappa shape index (κ1) is 21.8. The molecule has 7 nitrogen and oxygen atoms in total. The average Bonchev–Trinajstić information content (AvgIpc) is 3.14. The summed E-state index contributed by atoms with van der Waals surface area (Å²) in [6.45, 7) is 2.55. The molecule has 0 bridgehead atoms. The molecule has 0 aliphatic carbocycles. The normalized spacial score (nSPS) is 22.5. The number of amides is 3. The van der Waals surface area contributed by atoms with Crippen LogP contribution < -0.4 is 10.6 Å². The molecule has 1 unspecified atom stereocenters. The Labute approximate surface area is 174 Å². The zero-order valence-corrected chi connectivity index (χ0v) is 17.3. The highest BCUT2D eigenvalue weighted by molar-refractivity contribution is 6.31. The molecule has 1 aromatic carbocycles. The quantitative estimate of drug-likeness (QED) is 0.731. The standard InChI is InChI=1S/C20H27ClFN3O4/c1-28-11-7-20(24-18(26)14-4-9-29-10-5-14)6-8-25(13-20)19(27)23-15-2-3-17(22)16(21)12-15/h2-3,12,14H,4-11,13H2,1H3,(H,23,27)(H,24,26). The second-order valence-electron chi connectivity index (χ2n) is 7.63. The molecule has 2 saturated heterocycles. The maximum atomic E-state index is 13.3. The van der Waals surface area contributed by atoms with Crippen LogP contribution in [0.2, 0.25) is 5.02 Å². The summed E-state index contributed by atoms with van der Waals surface area (Å²) in [5, 5.41) is 5.88. The number of hydrogen-bond acceptors (Lipinski definition) is 4. The Morgan fingerprint density at radius 1 is 1.38 bits per heavy atom. The molecule has 0 radical (unpaired) electrons. The van der Waals surface area contributed by atoms with Gasteiger partial charge in [-0.1, -0.05) is 11.6 Å². The second-order valence-corrected chi connectivity index (χ2v) is 8.04. The van der Waals surface area contributed by atoms with Gasteiger partial charge in [-0.25, -0.2) is 9.18 Å². The van der Waals surface area contributed by atoms with Gasteiger partial charge in [-0.2, -0.15) is 0 Å². The molecule has 3 amide bonds. The van der Waals surface area contributed by atoms with E-state index in [4.69, 9.17) is 21.1 Å². The topological polar surface area (TPSA) is 79.9 Å². The Morgan fingerprint density at radius 3 is 2.83 bits per heavy atom. The van der Waals surface area contributed by atoms with Crippen LogP contribution in [-0.2, 0) is 14.3 Å². The number of rotatable bonds is 6. The van der Waals surface area contributed by atoms with Gasteiger partial charge in [0.2, 0.25) is 5.91 Å². The van der Waals surface area contributed by atoms with E-state index < -0.39 is 11.4 Å². The van der Waals surface area contributed by atoms with E-state index in [1.165, 1.54) is 18.2 Å². The molecular weight excluding hydrogens is 401 g/mol. The first-order valence-corrected chi connectivity index (χ1v) is 10.2. The van der Waals surface area contributed by atoms with Crippen LogP contribution in [0.25, 0.3) is 0 Å². The van der Waals surface area contributed by atoms with Crippen LogP contribution in [-0.4, -0.2) is 62.4 Å². The minimum absolute atomic E-state index is 0.0111. The Bertz CT molecular complexity index is 744. The maximum Gasteiger partial charge on any atom is 0.321 e. The van der Waals surface area contributed by atoms with E-state index in [1.807, 2.05) is 0 Å². The fourth-order valence-corrected chi connectivity index (χ4v) is 3.99. The van der Waals surface area contributed by atoms with Crippen molar-refractivity contribution in [1.29, 1.82) is 0 Å². The predicted octanol–water partition coefficient (Wildman–Crippen LogP) is 3.03. The van der Waals surface area contributed by atoms with Crippen LogP contribution >= 0.6 is 11.6 Å². The number of hydrogen-bond donors (Lipinski definition) is 2. The van der Waals surface area contributed by atoms with Gasteiger partial charge in [0.1, 0.15) is 5.82 Å². The molecule has 1 atom stereocenters. The SMILES string of the molecule is COCCC1(NC(=O)C2CCOCC2)CCN(C(=O)Nc2ccc(F)c(Cl)c2)C1. The molecular formula is C20H27ClFN3O4. The first-order valence-electron chi connectivity index (χ1n) is 9.82. The van der Waals surface area contributed by atoms with Crippen molar-refractivity contribution >= 4 is 29.2 Å². The molecule has 0 spiro atoms. The largest absolute Gasteiger partial charge is 0.385 e. The Hall–Kier alpha value is -1.90. The molecule has 2 N–H and O–H groups in total. The number of nitrogens with one attached hydrogen (secondary N) is 2. The summed E-state index contributed by atoms with van der Waals surface area (Å²) in [6.07, 6.45) is 2.68. The highest BCUT2D eigenvalue weighted by atomic mass is 35.5. The molecule has 2 heterocycles. The Morgan fingerprint density at radius 2 is 2.14 bits per heavy atom. The van der Waals surface area contributed by atoms with E-state index in [0.717, 1.165) is 0 Å². The second kappa shape index (κ2) is 9.73. The van der Waals surface area contributed by atoms with E-state index in [1.54, 1.807) is 12.0 Å². The van der Waals surface area contributed by atoms with Crippen LogP contribution in [0.5, 0.6) is 0 Å². The van der Waals surface area contributed by atoms with Crippen molar-refractivity contribution in [2.75, 3.05) is 45.3 Å². The molecule has 2 fully saturated rings. The third-order valence-corrected chi connectivity index (χ3v) is 5.87. The van der Waals surface area contributed by atoms with Gasteiger partial charge in [0, 0.05) is 51.6 Å². The summed E-state index contributed by atoms with van der Waals surface area (Å²) < 4.78 is 23.9. The minimum atomic E-state index is -0.541. The summed E-state index contributed by atoms with van der Waals surface area (Å²) >= 11 is 5.78. The van der Waals surface area contributed by atoms with E-state index in [2.05, 4.69) is 10.6 Å². The van der Waals surface area contributed by atoms with Gasteiger partial charge in [0.05, 0.1) is 10.6 Å². The lowest BCUT2D eigenvalue weighted by Gasteiger charge is -2.33. The number of halogens is 2. The molecule has 2 aliphatic rings. The van der Waals surface area contributed by atoms with Crippen LogP contribution in [0.15, 0.2) is 18.2 Å². The van der Waals surface area contributed by atoms with Crippen molar-refractivity contribution in [2.45, 2.75) is 31.2 Å². The smallest absolute Gasteiger partial charge is 0.321 e. The van der Waals surface area contributed by atoms with E-state index in [9.17, 15) is 14.0 Å². The van der Waals surface area contributed by atoms with Gasteiger partial charge >= 0.3 is 6.03 Å². The number of benzene rings is 1. The summed E-state index contributed by atoms with van der Waals surface area (Å²) in [5.41, 5.74) is -0.106. The molecule has 3 rings (SSSR count). The van der Waals surface area contributed by atoms with E-state index in [-0.39, 0.29) is 22.9 Å². The summed E-state index contributed by atoms with van der Waals surface area (Å²) in [6, 6.07) is 3.72. The number of anilines is 1. The number of carbonyl (C=O) groups is 2. The number of urea groups is 1. The lowest BCUT2D eigenvalue weighted by Crippen LogP contribution is -2.54. The maximum absolute atomic E-state index is 13.3. The molecule has 29 heavy (non-hydrogen) atoms. The zero-order chi connectivity index (χ0) is 20.9. The van der Waals surface area contributed by atoms with Crippen LogP contribution in [0, 0.1) is 11.7 Å². The zero-order valence-electron chi connectivity index (χ0n) is 16.5. The number of nitrogens with zero attached hydrogens (tertiary/aromatic N) is 1. The van der Waals surface area contributed by atoms with Gasteiger partial charge in [-0.3, -0.25) is 4.79 Å². The van der Waals surface area contributed by atoms with Crippen molar-refractivity contribution in [3.05, 3.63) is 29.0 Å². The molecule has 0 saturated carbocycles. The minimum Gasteiger partial charge on any atom is -0.385 e. The Balaban J connectivity index is 1.64. The lowest BCUT2D eigenvalue weighted by molar-refractivity contribution is -0.130. The third kappa shape index (κ3) is 5.58. The van der Waals surface area contributed by atoms with Crippen LogP contribution in [0.3, 0.4) is 0 Å². The average molecular weight is 428 g/mol.